The molecule has 4 nitrogen and oxygen atoms in total. The van der Waals surface area contributed by atoms with Gasteiger partial charge >= 0.3 is 0 Å². The minimum absolute atomic E-state index is 0.0863. The molecular formula is C25H44N2O2. The zero-order valence-electron chi connectivity index (χ0n) is 18.9. The van der Waals surface area contributed by atoms with Crippen LogP contribution >= 0.6 is 0 Å². The second kappa shape index (κ2) is 16.1. The van der Waals surface area contributed by atoms with Crippen LogP contribution in [0.3, 0.4) is 0 Å². The molecule has 0 aromatic heterocycles. The highest BCUT2D eigenvalue weighted by atomic mass is 16.5. The highest BCUT2D eigenvalue weighted by Gasteiger charge is 2.14. The zero-order valence-corrected chi connectivity index (χ0v) is 18.9. The van der Waals surface area contributed by atoms with Crippen molar-refractivity contribution < 1.29 is 9.53 Å². The first kappa shape index (κ1) is 25.3. The van der Waals surface area contributed by atoms with Crippen molar-refractivity contribution in [2.24, 2.45) is 0 Å². The van der Waals surface area contributed by atoms with Gasteiger partial charge in [0.15, 0.2) is 5.78 Å². The molecule has 0 heterocycles. The van der Waals surface area contributed by atoms with E-state index >= 15 is 0 Å². The third-order valence-corrected chi connectivity index (χ3v) is 5.71. The number of Topliss-reactive ketones (excluding diaryl/α,β-unsaturated/α-hetero) is 1. The first-order chi connectivity index (χ1) is 14.1. The number of ketones is 1. The molecule has 0 bridgehead atoms. The van der Waals surface area contributed by atoms with Crippen LogP contribution in [0, 0.1) is 0 Å². The lowest BCUT2D eigenvalue weighted by Crippen LogP contribution is -2.05. The normalized spacial score (nSPS) is 11.0. The van der Waals surface area contributed by atoms with E-state index in [1.54, 1.807) is 19.2 Å². The van der Waals surface area contributed by atoms with Crippen molar-refractivity contribution in [2.75, 3.05) is 18.6 Å². The standard InChI is InChI=1S/C25H44N2O2/c1-3-4-5-6-7-8-9-10-11-12-13-14-15-16-17-18-24(28)21-19-22(26)23(27)20-25(21)29-2/h19-20H,3-18,26-27H2,1-2H3. The largest absolute Gasteiger partial charge is 0.496 e. The average Bonchev–Trinajstić information content (AvgIpc) is 2.72. The lowest BCUT2D eigenvalue weighted by molar-refractivity contribution is 0.0976. The lowest BCUT2D eigenvalue weighted by atomic mass is 10.0. The highest BCUT2D eigenvalue weighted by molar-refractivity contribution is 6.00. The second-order valence-corrected chi connectivity index (χ2v) is 8.30. The number of carbonyl (C=O) groups is 1. The Morgan fingerprint density at radius 1 is 0.724 bits per heavy atom. The second-order valence-electron chi connectivity index (χ2n) is 8.30. The molecule has 0 aliphatic heterocycles. The minimum atomic E-state index is 0.0863. The van der Waals surface area contributed by atoms with Gasteiger partial charge in [-0.1, -0.05) is 96.8 Å². The Bertz CT molecular complexity index is 572. The fraction of sp³-hybridized carbons (Fsp3) is 0.720. The molecule has 1 rings (SSSR count). The number of ether oxygens (including phenoxy) is 1. The number of anilines is 2. The Balaban J connectivity index is 2.00. The van der Waals surface area contributed by atoms with Crippen LogP contribution in [0.4, 0.5) is 11.4 Å². The summed E-state index contributed by atoms with van der Waals surface area (Å²) in [5.41, 5.74) is 13.1. The average molecular weight is 405 g/mol. The molecule has 4 heteroatoms. The Morgan fingerprint density at radius 3 is 1.59 bits per heavy atom. The molecule has 0 aliphatic rings. The molecule has 0 saturated heterocycles. The SMILES string of the molecule is CCCCCCCCCCCCCCCCCC(=O)c1cc(N)c(N)cc1OC. The van der Waals surface area contributed by atoms with Crippen molar-refractivity contribution >= 4 is 17.2 Å². The van der Waals surface area contributed by atoms with Crippen LogP contribution < -0.4 is 16.2 Å². The molecule has 0 radical (unpaired) electrons. The molecule has 0 spiro atoms. The number of methoxy groups -OCH3 is 1. The number of hydrogen-bond donors (Lipinski definition) is 2. The van der Waals surface area contributed by atoms with Crippen LogP contribution in [-0.4, -0.2) is 12.9 Å². The zero-order chi connectivity index (χ0) is 21.3. The van der Waals surface area contributed by atoms with Gasteiger partial charge < -0.3 is 16.2 Å². The fourth-order valence-corrected chi connectivity index (χ4v) is 3.79. The quantitative estimate of drug-likeness (QED) is 0.153. The smallest absolute Gasteiger partial charge is 0.166 e. The molecule has 1 aromatic carbocycles. The highest BCUT2D eigenvalue weighted by Crippen LogP contribution is 2.28. The Hall–Kier alpha value is -1.71. The van der Waals surface area contributed by atoms with E-state index < -0.39 is 0 Å². The van der Waals surface area contributed by atoms with Gasteiger partial charge in [0.25, 0.3) is 0 Å². The van der Waals surface area contributed by atoms with E-state index in [1.165, 1.54) is 83.5 Å². The Morgan fingerprint density at radius 2 is 1.14 bits per heavy atom. The van der Waals surface area contributed by atoms with Crippen LogP contribution in [-0.2, 0) is 0 Å². The molecule has 0 unspecified atom stereocenters. The van der Waals surface area contributed by atoms with Gasteiger partial charge in [0.2, 0.25) is 0 Å². The summed E-state index contributed by atoms with van der Waals surface area (Å²) in [5, 5.41) is 0. The monoisotopic (exact) mass is 404 g/mol. The maximum Gasteiger partial charge on any atom is 0.166 e. The Kier molecular flexibility index (Phi) is 14.1. The molecule has 29 heavy (non-hydrogen) atoms. The van der Waals surface area contributed by atoms with Gasteiger partial charge in [-0.2, -0.15) is 0 Å². The van der Waals surface area contributed by atoms with Gasteiger partial charge in [0.05, 0.1) is 24.0 Å². The number of nitrogen functional groups attached to an aromatic ring is 2. The summed E-state index contributed by atoms with van der Waals surface area (Å²) in [5.74, 6) is 0.603. The van der Waals surface area contributed by atoms with Crippen molar-refractivity contribution in [3.8, 4) is 5.75 Å². The first-order valence-electron chi connectivity index (χ1n) is 11.9. The summed E-state index contributed by atoms with van der Waals surface area (Å²) in [7, 11) is 1.55. The van der Waals surface area contributed by atoms with Crippen LogP contribution in [0.1, 0.15) is 120 Å². The van der Waals surface area contributed by atoms with E-state index in [0.29, 0.717) is 29.1 Å². The number of hydrogen-bond acceptors (Lipinski definition) is 4. The van der Waals surface area contributed by atoms with E-state index in [4.69, 9.17) is 16.2 Å². The van der Waals surface area contributed by atoms with E-state index in [1.807, 2.05) is 0 Å². The molecule has 0 amide bonds. The maximum absolute atomic E-state index is 12.4. The van der Waals surface area contributed by atoms with Crippen molar-refractivity contribution in [1.29, 1.82) is 0 Å². The van der Waals surface area contributed by atoms with Crippen molar-refractivity contribution in [1.82, 2.24) is 0 Å². The summed E-state index contributed by atoms with van der Waals surface area (Å²) < 4.78 is 5.27. The molecule has 4 N–H and O–H groups in total. The van der Waals surface area contributed by atoms with E-state index in [9.17, 15) is 4.79 Å². The third kappa shape index (κ3) is 11.2. The van der Waals surface area contributed by atoms with Gasteiger partial charge in [-0.05, 0) is 12.5 Å². The lowest BCUT2D eigenvalue weighted by Gasteiger charge is -2.10. The number of rotatable bonds is 18. The maximum atomic E-state index is 12.4. The summed E-state index contributed by atoms with van der Waals surface area (Å²) in [6, 6.07) is 3.27. The molecule has 0 aliphatic carbocycles. The summed E-state index contributed by atoms with van der Waals surface area (Å²) in [6.07, 6.45) is 20.4. The van der Waals surface area contributed by atoms with Crippen molar-refractivity contribution in [3.63, 3.8) is 0 Å². The van der Waals surface area contributed by atoms with Gasteiger partial charge in [-0.3, -0.25) is 4.79 Å². The van der Waals surface area contributed by atoms with Gasteiger partial charge in [0, 0.05) is 12.5 Å². The van der Waals surface area contributed by atoms with Crippen LogP contribution in [0.2, 0.25) is 0 Å². The number of nitrogens with two attached hydrogens (primary N) is 2. The third-order valence-electron chi connectivity index (χ3n) is 5.71. The Labute approximate surface area is 178 Å². The molecular weight excluding hydrogens is 360 g/mol. The molecule has 166 valence electrons. The number of benzene rings is 1. The fourth-order valence-electron chi connectivity index (χ4n) is 3.79. The summed E-state index contributed by atoms with van der Waals surface area (Å²) in [6.45, 7) is 2.27. The first-order valence-corrected chi connectivity index (χ1v) is 11.9. The van der Waals surface area contributed by atoms with Crippen LogP contribution in [0.15, 0.2) is 12.1 Å². The topological polar surface area (TPSA) is 78.3 Å². The molecule has 0 atom stereocenters. The molecule has 1 aromatic rings. The summed E-state index contributed by atoms with van der Waals surface area (Å²) >= 11 is 0. The summed E-state index contributed by atoms with van der Waals surface area (Å²) in [4.78, 5) is 12.4. The van der Waals surface area contributed by atoms with Crippen molar-refractivity contribution in [3.05, 3.63) is 17.7 Å². The predicted molar refractivity (Wildman–Crippen MR) is 126 cm³/mol. The van der Waals surface area contributed by atoms with Gasteiger partial charge in [0.1, 0.15) is 5.75 Å². The van der Waals surface area contributed by atoms with E-state index in [0.717, 1.165) is 12.8 Å². The number of unbranched alkanes of at least 4 members (excludes halogenated alkanes) is 14. The van der Waals surface area contributed by atoms with Gasteiger partial charge in [-0.15, -0.1) is 0 Å². The van der Waals surface area contributed by atoms with Crippen molar-refractivity contribution in [2.45, 2.75) is 110 Å². The molecule has 0 fully saturated rings. The van der Waals surface area contributed by atoms with Gasteiger partial charge in [-0.25, -0.2) is 0 Å². The molecule has 0 saturated carbocycles. The van der Waals surface area contributed by atoms with E-state index in [2.05, 4.69) is 6.92 Å². The minimum Gasteiger partial charge on any atom is -0.496 e. The van der Waals surface area contributed by atoms with E-state index in [-0.39, 0.29) is 5.78 Å². The number of carbonyl (C=O) groups excluding carboxylic acids is 1. The van der Waals surface area contributed by atoms with Crippen LogP contribution in [0.5, 0.6) is 5.75 Å². The predicted octanol–water partition coefficient (Wildman–Crippen LogP) is 7.30. The van der Waals surface area contributed by atoms with Crippen LogP contribution in [0.25, 0.3) is 0 Å².